The van der Waals surface area contributed by atoms with E-state index < -0.39 is 11.7 Å². The Bertz CT molecular complexity index is 393. The first-order valence-corrected chi connectivity index (χ1v) is 4.00. The molecule has 4 nitrogen and oxygen atoms in total. The first-order chi connectivity index (χ1) is 6.80. The van der Waals surface area contributed by atoms with Gasteiger partial charge in [-0.25, -0.2) is 4.98 Å². The number of nitrogens with zero attached hydrogens (tertiary/aromatic N) is 1. The molecular weight excluding hydrogens is 209 g/mol. The Morgan fingerprint density at radius 2 is 2.07 bits per heavy atom. The summed E-state index contributed by atoms with van der Waals surface area (Å²) in [7, 11) is 0. The average Bonchev–Trinajstić information content (AvgIpc) is 2.05. The van der Waals surface area contributed by atoms with Crippen LogP contribution in [0.2, 0.25) is 0 Å². The summed E-state index contributed by atoms with van der Waals surface area (Å²) in [5, 5.41) is 0. The van der Waals surface area contributed by atoms with Gasteiger partial charge in [-0.2, -0.15) is 13.2 Å². The second kappa shape index (κ2) is 3.76. The van der Waals surface area contributed by atoms with Crippen LogP contribution in [0.5, 0.6) is 0 Å². The number of anilines is 1. The van der Waals surface area contributed by atoms with Crippen molar-refractivity contribution in [2.24, 2.45) is 10.7 Å². The van der Waals surface area contributed by atoms with Crippen LogP contribution in [-0.2, 0) is 6.18 Å². The van der Waals surface area contributed by atoms with E-state index in [4.69, 9.17) is 11.5 Å². The Kier molecular flexibility index (Phi) is 2.83. The number of halogens is 3. The van der Waals surface area contributed by atoms with Gasteiger partial charge in [0.05, 0.1) is 5.69 Å². The van der Waals surface area contributed by atoms with Gasteiger partial charge in [0.15, 0.2) is 5.56 Å². The number of H-pyrrole nitrogens is 1. The van der Waals surface area contributed by atoms with Crippen molar-refractivity contribution in [2.45, 2.75) is 13.1 Å². The topological polar surface area (TPSA) is 78.5 Å². The van der Waals surface area contributed by atoms with E-state index in [9.17, 15) is 13.2 Å². The quantitative estimate of drug-likeness (QED) is 0.548. The van der Waals surface area contributed by atoms with Crippen molar-refractivity contribution in [3.05, 3.63) is 17.8 Å². The molecule has 82 valence electrons. The van der Waals surface area contributed by atoms with Gasteiger partial charge in [0.2, 0.25) is 5.84 Å². The van der Waals surface area contributed by atoms with Gasteiger partial charge < -0.3 is 11.5 Å². The minimum Gasteiger partial charge on any atom is -0.396 e. The van der Waals surface area contributed by atoms with E-state index >= 15 is 0 Å². The lowest BCUT2D eigenvalue weighted by molar-refractivity contribution is -0.364. The van der Waals surface area contributed by atoms with E-state index in [-0.39, 0.29) is 17.3 Å². The van der Waals surface area contributed by atoms with Crippen LogP contribution in [0.3, 0.4) is 0 Å². The maximum Gasteiger partial charge on any atom is 0.424 e. The molecule has 0 aliphatic heterocycles. The summed E-state index contributed by atoms with van der Waals surface area (Å²) < 4.78 is 37.5. The SMILES string of the molecule is C/C(N)=N\c1[nH+]cc(N)cc1C(F)(F)F. The fourth-order valence-corrected chi connectivity index (χ4v) is 0.991. The maximum absolute atomic E-state index is 12.5. The predicted octanol–water partition coefficient (Wildman–Crippen LogP) is 1.11. The van der Waals surface area contributed by atoms with E-state index in [2.05, 4.69) is 9.98 Å². The number of rotatable bonds is 1. The lowest BCUT2D eigenvalue weighted by atomic mass is 10.2. The molecule has 1 aromatic rings. The van der Waals surface area contributed by atoms with Crippen molar-refractivity contribution in [1.29, 1.82) is 0 Å². The van der Waals surface area contributed by atoms with Gasteiger partial charge >= 0.3 is 12.0 Å². The molecule has 0 radical (unpaired) electrons. The first kappa shape index (κ1) is 11.3. The molecule has 1 rings (SSSR count). The third-order valence-electron chi connectivity index (χ3n) is 1.54. The van der Waals surface area contributed by atoms with Crippen LogP contribution in [-0.4, -0.2) is 5.84 Å². The molecule has 1 heterocycles. The Morgan fingerprint density at radius 3 is 2.53 bits per heavy atom. The highest BCUT2D eigenvalue weighted by Gasteiger charge is 2.37. The monoisotopic (exact) mass is 219 g/mol. The number of alkyl halides is 3. The Labute approximate surface area is 83.8 Å². The standard InChI is InChI=1S/C8H9F3N4/c1-4(12)15-7-6(8(9,10)11)2-5(13)3-14-7/h2-3H,13H2,1H3,(H2,12,14,15)/p+1. The number of hydrogen-bond donors (Lipinski definition) is 2. The van der Waals surface area contributed by atoms with E-state index in [0.29, 0.717) is 0 Å². The molecule has 0 amide bonds. The van der Waals surface area contributed by atoms with Crippen molar-refractivity contribution in [1.82, 2.24) is 0 Å². The lowest BCUT2D eigenvalue weighted by Crippen LogP contribution is -2.16. The number of aromatic amines is 1. The zero-order valence-electron chi connectivity index (χ0n) is 7.89. The fourth-order valence-electron chi connectivity index (χ4n) is 0.991. The summed E-state index contributed by atoms with van der Waals surface area (Å²) in [5.41, 5.74) is 9.49. The number of amidine groups is 1. The summed E-state index contributed by atoms with van der Waals surface area (Å²) >= 11 is 0. The summed E-state index contributed by atoms with van der Waals surface area (Å²) in [5.74, 6) is -0.321. The molecule has 0 saturated carbocycles. The third-order valence-corrected chi connectivity index (χ3v) is 1.54. The minimum atomic E-state index is -4.51. The van der Waals surface area contributed by atoms with Gasteiger partial charge in [0.25, 0.3) is 0 Å². The summed E-state index contributed by atoms with van der Waals surface area (Å²) in [6.45, 7) is 1.39. The van der Waals surface area contributed by atoms with Crippen molar-refractivity contribution in [3.8, 4) is 0 Å². The molecule has 0 unspecified atom stereocenters. The average molecular weight is 219 g/mol. The molecule has 0 bridgehead atoms. The molecule has 0 aliphatic rings. The number of nitrogens with one attached hydrogen (secondary N) is 1. The fraction of sp³-hybridized carbons (Fsp3) is 0.250. The molecule has 5 N–H and O–H groups in total. The maximum atomic E-state index is 12.5. The van der Waals surface area contributed by atoms with Gasteiger partial charge in [-0.15, -0.1) is 0 Å². The van der Waals surface area contributed by atoms with Gasteiger partial charge in [0.1, 0.15) is 6.20 Å². The van der Waals surface area contributed by atoms with Crippen LogP contribution >= 0.6 is 0 Å². The molecule has 7 heteroatoms. The molecule has 0 aromatic carbocycles. The van der Waals surface area contributed by atoms with Crippen molar-refractivity contribution in [2.75, 3.05) is 5.73 Å². The van der Waals surface area contributed by atoms with Crippen LogP contribution in [0.1, 0.15) is 12.5 Å². The van der Waals surface area contributed by atoms with Crippen LogP contribution in [0, 0.1) is 0 Å². The Hall–Kier alpha value is -1.79. The number of nitrogens with two attached hydrogens (primary N) is 2. The van der Waals surface area contributed by atoms with Gasteiger partial charge in [-0.05, 0) is 11.1 Å². The predicted molar refractivity (Wildman–Crippen MR) is 49.4 cm³/mol. The Balaban J connectivity index is 3.34. The molecule has 0 saturated heterocycles. The number of aromatic nitrogens is 1. The second-order valence-corrected chi connectivity index (χ2v) is 2.95. The number of nitrogen functional groups attached to an aromatic ring is 1. The molecule has 0 spiro atoms. The van der Waals surface area contributed by atoms with Crippen molar-refractivity contribution < 1.29 is 18.2 Å². The molecular formula is C8H10F3N4+. The zero-order valence-corrected chi connectivity index (χ0v) is 7.89. The van der Waals surface area contributed by atoms with E-state index in [0.717, 1.165) is 6.07 Å². The Morgan fingerprint density at radius 1 is 1.47 bits per heavy atom. The van der Waals surface area contributed by atoms with Gasteiger partial charge in [-0.3, -0.25) is 0 Å². The van der Waals surface area contributed by atoms with E-state index in [1.54, 1.807) is 0 Å². The molecule has 1 aromatic heterocycles. The van der Waals surface area contributed by atoms with Crippen LogP contribution in [0.15, 0.2) is 17.3 Å². The van der Waals surface area contributed by atoms with Gasteiger partial charge in [-0.1, -0.05) is 0 Å². The normalized spacial score (nSPS) is 12.9. The number of pyridine rings is 1. The summed E-state index contributed by atoms with van der Waals surface area (Å²) in [6, 6.07) is 0.804. The second-order valence-electron chi connectivity index (χ2n) is 2.95. The highest BCUT2D eigenvalue weighted by atomic mass is 19.4. The highest BCUT2D eigenvalue weighted by molar-refractivity contribution is 5.80. The lowest BCUT2D eigenvalue weighted by Gasteiger charge is -2.05. The third kappa shape index (κ3) is 2.83. The number of hydrogen-bond acceptors (Lipinski definition) is 2. The smallest absolute Gasteiger partial charge is 0.396 e. The summed E-state index contributed by atoms with van der Waals surface area (Å²) in [6.07, 6.45) is -3.29. The summed E-state index contributed by atoms with van der Waals surface area (Å²) in [4.78, 5) is 5.86. The molecule has 0 aliphatic carbocycles. The molecule has 0 fully saturated rings. The minimum absolute atomic E-state index is 0.0176. The van der Waals surface area contributed by atoms with E-state index in [1.807, 2.05) is 0 Å². The highest BCUT2D eigenvalue weighted by Crippen LogP contribution is 2.34. The van der Waals surface area contributed by atoms with Gasteiger partial charge in [0, 0.05) is 6.92 Å². The van der Waals surface area contributed by atoms with Crippen LogP contribution in [0.4, 0.5) is 24.7 Å². The molecule has 0 atom stereocenters. The van der Waals surface area contributed by atoms with Crippen molar-refractivity contribution in [3.63, 3.8) is 0 Å². The van der Waals surface area contributed by atoms with Crippen molar-refractivity contribution >= 4 is 17.3 Å². The van der Waals surface area contributed by atoms with Crippen LogP contribution in [0.25, 0.3) is 0 Å². The molecule has 15 heavy (non-hydrogen) atoms. The largest absolute Gasteiger partial charge is 0.424 e. The first-order valence-electron chi connectivity index (χ1n) is 4.00. The van der Waals surface area contributed by atoms with Crippen LogP contribution < -0.4 is 16.5 Å². The zero-order chi connectivity index (χ0) is 11.6. The number of aliphatic imine (C=N–C) groups is 1. The van der Waals surface area contributed by atoms with E-state index in [1.165, 1.54) is 13.1 Å².